The molecule has 358 valence electrons. The second-order valence-electron chi connectivity index (χ2n) is 16.2. The van der Waals surface area contributed by atoms with Gasteiger partial charge in [0.15, 0.2) is 0 Å². The number of aromatic nitrogens is 2. The highest BCUT2D eigenvalue weighted by atomic mass is 32.1. The van der Waals surface area contributed by atoms with Crippen LogP contribution in [0.4, 0.5) is 0 Å². The first-order valence-electron chi connectivity index (χ1n) is 21.6. The molecule has 0 fully saturated rings. The molecule has 66 heavy (non-hydrogen) atoms. The Morgan fingerprint density at radius 1 is 0.970 bits per heavy atom. The van der Waals surface area contributed by atoms with E-state index in [0.29, 0.717) is 29.1 Å². The second kappa shape index (κ2) is 24.7. The van der Waals surface area contributed by atoms with Crippen LogP contribution in [0.5, 0.6) is 0 Å². The highest BCUT2D eigenvalue weighted by Gasteiger charge is 2.36. The standard InChI is InChI=1S/C44H60N10O11S/c1-8-23(3)35-37(58)43(64)51-31(20-65-7)44-48-27(21-66-44)14-15-34(57)49-29(16-26-19-54(6)32-13-11-10-12-28(26)32)39(60)46-17-30(40(61)47-25(5)38(59)52-35)50-42(63)36(24(4)9-2)53-41(62)33(56)18-45-22-55/h10-15,19,21-25,29-31,33,35-36,56H,8-9,16-18,20H2,1-7H3,(H,45,55)(H,46,60)(H,47,61)(H,49,57)(H,50,63)(H,51,64)(H,52,59)(H,53,62). The van der Waals surface area contributed by atoms with Crippen molar-refractivity contribution in [2.24, 2.45) is 18.9 Å². The fraction of sp³-hybridized carbons (Fsp3) is 0.500. The molecule has 0 aliphatic carbocycles. The van der Waals surface area contributed by atoms with Crippen LogP contribution in [0.1, 0.15) is 69.8 Å². The number of methoxy groups -OCH3 is 1. The van der Waals surface area contributed by atoms with Gasteiger partial charge in [-0.25, -0.2) is 4.98 Å². The number of carbonyl (C=O) groups is 9. The number of amides is 8. The lowest BCUT2D eigenvalue weighted by atomic mass is 9.94. The van der Waals surface area contributed by atoms with Gasteiger partial charge in [0.1, 0.15) is 41.3 Å². The molecule has 21 nitrogen and oxygen atoms in total. The Morgan fingerprint density at radius 3 is 2.38 bits per heavy atom. The maximum absolute atomic E-state index is 14.2. The number of ether oxygens (including phenoxy) is 1. The predicted octanol–water partition coefficient (Wildman–Crippen LogP) is -0.964. The molecule has 3 heterocycles. The first-order valence-corrected chi connectivity index (χ1v) is 22.4. The number of para-hydroxylation sites is 1. The van der Waals surface area contributed by atoms with Crippen LogP contribution in [0, 0.1) is 11.8 Å². The highest BCUT2D eigenvalue weighted by Crippen LogP contribution is 2.23. The largest absolute Gasteiger partial charge is 0.382 e. The van der Waals surface area contributed by atoms with E-state index in [1.165, 1.54) is 26.2 Å². The number of nitrogens with zero attached hydrogens (tertiary/aromatic N) is 2. The van der Waals surface area contributed by atoms with Gasteiger partial charge in [-0.15, -0.1) is 11.3 Å². The summed E-state index contributed by atoms with van der Waals surface area (Å²) in [5.41, 5.74) is 1.91. The summed E-state index contributed by atoms with van der Waals surface area (Å²) in [5.74, 6) is -8.23. The fourth-order valence-electron chi connectivity index (χ4n) is 7.01. The summed E-state index contributed by atoms with van der Waals surface area (Å²) in [6.45, 7) is 7.02. The van der Waals surface area contributed by atoms with E-state index in [0.717, 1.165) is 22.2 Å². The highest BCUT2D eigenvalue weighted by molar-refractivity contribution is 7.09. The lowest BCUT2D eigenvalue weighted by molar-refractivity contribution is -0.142. The van der Waals surface area contributed by atoms with Crippen molar-refractivity contribution in [2.75, 3.05) is 26.8 Å². The van der Waals surface area contributed by atoms with Crippen LogP contribution in [-0.2, 0) is 61.4 Å². The number of rotatable bonds is 15. The van der Waals surface area contributed by atoms with Crippen LogP contribution in [0.2, 0.25) is 0 Å². The molecule has 2 bridgehead atoms. The number of fused-ring (bicyclic) bond motifs is 3. The molecule has 9 N–H and O–H groups in total. The van der Waals surface area contributed by atoms with E-state index in [9.17, 15) is 48.3 Å². The number of ketones is 1. The predicted molar refractivity (Wildman–Crippen MR) is 243 cm³/mol. The molecule has 3 aromatic rings. The molecular formula is C44H60N10O11S. The monoisotopic (exact) mass is 936 g/mol. The Bertz CT molecular complexity index is 2280. The van der Waals surface area contributed by atoms with Gasteiger partial charge in [-0.05, 0) is 36.5 Å². The number of aliphatic hydroxyl groups is 1. The van der Waals surface area contributed by atoms with Crippen molar-refractivity contribution in [1.82, 2.24) is 52.1 Å². The Morgan fingerprint density at radius 2 is 1.70 bits per heavy atom. The van der Waals surface area contributed by atoms with E-state index in [1.54, 1.807) is 33.1 Å². The Balaban J connectivity index is 1.76. The smallest absolute Gasteiger partial charge is 0.290 e. The third kappa shape index (κ3) is 14.0. The minimum atomic E-state index is -1.72. The topological polar surface area (TPSA) is 297 Å². The van der Waals surface area contributed by atoms with Gasteiger partial charge in [-0.2, -0.15) is 0 Å². The van der Waals surface area contributed by atoms with Gasteiger partial charge in [0, 0.05) is 55.7 Å². The molecule has 8 amide bonds. The van der Waals surface area contributed by atoms with Gasteiger partial charge in [-0.1, -0.05) is 58.7 Å². The summed E-state index contributed by atoms with van der Waals surface area (Å²) >= 11 is 1.14. The number of carbonyl (C=O) groups excluding carboxylic acids is 9. The van der Waals surface area contributed by atoms with Crippen molar-refractivity contribution in [3.63, 3.8) is 0 Å². The minimum absolute atomic E-state index is 0.00802. The first kappa shape index (κ1) is 52.1. The molecule has 2 aromatic heterocycles. The number of Topliss-reactive ketones (excluding diaryl/α,β-unsaturated/α-hetero) is 1. The van der Waals surface area contributed by atoms with Crippen LogP contribution < -0.4 is 42.5 Å². The molecule has 22 heteroatoms. The van der Waals surface area contributed by atoms with E-state index in [4.69, 9.17) is 4.74 Å². The van der Waals surface area contributed by atoms with Gasteiger partial charge >= 0.3 is 0 Å². The molecule has 9 unspecified atom stereocenters. The van der Waals surface area contributed by atoms with E-state index < -0.39 is 114 Å². The fourth-order valence-corrected chi connectivity index (χ4v) is 7.83. The van der Waals surface area contributed by atoms with Crippen molar-refractivity contribution >= 4 is 81.9 Å². The number of hydrogen-bond donors (Lipinski definition) is 9. The van der Waals surface area contributed by atoms with Crippen molar-refractivity contribution < 1.29 is 53.0 Å². The van der Waals surface area contributed by atoms with Crippen molar-refractivity contribution in [3.8, 4) is 0 Å². The molecule has 0 saturated carbocycles. The average Bonchev–Trinajstić information content (AvgIpc) is 3.91. The minimum Gasteiger partial charge on any atom is -0.382 e. The molecule has 4 rings (SSSR count). The Labute approximate surface area is 386 Å². The molecule has 0 saturated heterocycles. The summed E-state index contributed by atoms with van der Waals surface area (Å²) < 4.78 is 7.18. The Hall–Kier alpha value is -6.52. The van der Waals surface area contributed by atoms with Gasteiger partial charge in [0.25, 0.3) is 11.8 Å². The zero-order valence-electron chi connectivity index (χ0n) is 38.0. The summed E-state index contributed by atoms with van der Waals surface area (Å²) in [5, 5.41) is 33.4. The van der Waals surface area contributed by atoms with E-state index in [2.05, 4.69) is 47.5 Å². The zero-order chi connectivity index (χ0) is 48.7. The van der Waals surface area contributed by atoms with Crippen LogP contribution in [-0.4, -0.2) is 131 Å². The molecule has 0 spiro atoms. The number of aryl methyl sites for hydroxylation is 1. The molecule has 1 aliphatic rings. The summed E-state index contributed by atoms with van der Waals surface area (Å²) in [6, 6.07) is -0.327. The van der Waals surface area contributed by atoms with Gasteiger partial charge < -0.3 is 56.9 Å². The summed E-state index contributed by atoms with van der Waals surface area (Å²) in [7, 11) is 3.24. The molecule has 9 atom stereocenters. The summed E-state index contributed by atoms with van der Waals surface area (Å²) in [6.07, 6.45) is 3.68. The third-order valence-electron chi connectivity index (χ3n) is 11.3. The first-order chi connectivity index (χ1) is 31.4. The van der Waals surface area contributed by atoms with E-state index in [1.807, 2.05) is 42.1 Å². The number of thiazole rings is 1. The van der Waals surface area contributed by atoms with Crippen LogP contribution in [0.3, 0.4) is 0 Å². The molecular weight excluding hydrogens is 877 g/mol. The number of nitrogens with one attached hydrogen (secondary N) is 8. The van der Waals surface area contributed by atoms with Gasteiger partial charge in [-0.3, -0.25) is 43.2 Å². The van der Waals surface area contributed by atoms with E-state index in [-0.39, 0.29) is 19.4 Å². The zero-order valence-corrected chi connectivity index (χ0v) is 38.8. The Kier molecular flexibility index (Phi) is 19.5. The second-order valence-corrected chi connectivity index (χ2v) is 17.0. The van der Waals surface area contributed by atoms with Crippen molar-refractivity contribution in [2.45, 2.75) is 96.2 Å². The van der Waals surface area contributed by atoms with Crippen molar-refractivity contribution in [3.05, 3.63) is 58.2 Å². The number of benzene rings is 1. The molecule has 1 aliphatic heterocycles. The maximum atomic E-state index is 14.2. The van der Waals surface area contributed by atoms with Crippen molar-refractivity contribution in [1.29, 1.82) is 0 Å². The van der Waals surface area contributed by atoms with Gasteiger partial charge in [0.05, 0.1) is 24.9 Å². The number of aliphatic hydroxyl groups excluding tert-OH is 1. The number of hydrogen-bond acceptors (Lipinski definition) is 13. The van der Waals surface area contributed by atoms with E-state index >= 15 is 0 Å². The summed E-state index contributed by atoms with van der Waals surface area (Å²) in [4.78, 5) is 125. The lowest BCUT2D eigenvalue weighted by Crippen LogP contribution is -2.62. The molecule has 0 radical (unpaired) electrons. The normalized spacial score (nSPS) is 22.2. The van der Waals surface area contributed by atoms with Crippen LogP contribution in [0.25, 0.3) is 17.0 Å². The van der Waals surface area contributed by atoms with Crippen LogP contribution >= 0.6 is 11.3 Å². The third-order valence-corrected chi connectivity index (χ3v) is 12.3. The quantitative estimate of drug-likeness (QED) is 0.0658. The molecule has 1 aromatic carbocycles. The van der Waals surface area contributed by atoms with Crippen LogP contribution in [0.15, 0.2) is 41.9 Å². The SMILES string of the molecule is CCC(C)C(NC(=O)C(O)CNC=O)C(=O)NC1CNC(=O)C(Cc2cn(C)c3ccccc23)NC(=O)C=Cc2csc(n2)C(COC)NC(=O)C(=O)C(C(C)CC)NC(=O)C(C)NC1=O. The maximum Gasteiger partial charge on any atom is 0.290 e. The average molecular weight is 937 g/mol. The van der Waals surface area contributed by atoms with Gasteiger partial charge in [0.2, 0.25) is 41.7 Å². The lowest BCUT2D eigenvalue weighted by Gasteiger charge is -2.29.